The molecule has 0 spiro atoms. The average Bonchev–Trinajstić information content (AvgIpc) is 2.94. The van der Waals surface area contributed by atoms with E-state index >= 15 is 0 Å². The van der Waals surface area contributed by atoms with Gasteiger partial charge >= 0.3 is 12.0 Å². The molecule has 0 aromatic carbocycles. The number of hydrogen-bond donors (Lipinski definition) is 1. The Hall–Kier alpha value is -1.26. The van der Waals surface area contributed by atoms with Gasteiger partial charge in [0.25, 0.3) is 0 Å². The summed E-state index contributed by atoms with van der Waals surface area (Å²) in [6.45, 7) is 0.269. The lowest BCUT2D eigenvalue weighted by molar-refractivity contribution is -0.137. The molecular weight excluding hydrogens is 184 g/mol. The van der Waals surface area contributed by atoms with Gasteiger partial charge in [0.15, 0.2) is 0 Å². The van der Waals surface area contributed by atoms with Crippen molar-refractivity contribution in [2.45, 2.75) is 25.3 Å². The summed E-state index contributed by atoms with van der Waals surface area (Å²) in [6, 6.07) is 0.281. The Morgan fingerprint density at radius 1 is 1.36 bits per heavy atom. The number of carbonyl (C=O) groups is 2. The van der Waals surface area contributed by atoms with Crippen LogP contribution in [0.1, 0.15) is 19.3 Å². The van der Waals surface area contributed by atoms with Crippen LogP contribution in [0.15, 0.2) is 0 Å². The van der Waals surface area contributed by atoms with Crippen LogP contribution in [0.5, 0.6) is 0 Å². The number of hydrogen-bond acceptors (Lipinski definition) is 2. The molecule has 5 nitrogen and oxygen atoms in total. The normalized spacial score (nSPS) is 15.0. The first kappa shape index (κ1) is 10.8. The van der Waals surface area contributed by atoms with Crippen LogP contribution in [-0.2, 0) is 4.79 Å². The van der Waals surface area contributed by atoms with E-state index in [1.54, 1.807) is 19.0 Å². The van der Waals surface area contributed by atoms with Crippen LogP contribution in [0.25, 0.3) is 0 Å². The van der Waals surface area contributed by atoms with E-state index < -0.39 is 5.97 Å². The molecule has 0 aromatic heterocycles. The minimum atomic E-state index is -0.876. The summed E-state index contributed by atoms with van der Waals surface area (Å²) in [6.07, 6.45) is 2.13. The molecule has 1 rings (SSSR count). The molecule has 0 bridgehead atoms. The summed E-state index contributed by atoms with van der Waals surface area (Å²) in [5, 5.41) is 8.45. The van der Waals surface area contributed by atoms with Gasteiger partial charge < -0.3 is 14.9 Å². The minimum Gasteiger partial charge on any atom is -0.481 e. The standard InChI is InChI=1S/C9H16N2O3/c1-10(6-5-8(12)13)9(14)11(2)7-3-4-7/h7H,3-6H2,1-2H3,(H,12,13). The van der Waals surface area contributed by atoms with Crippen LogP contribution in [0.3, 0.4) is 0 Å². The maximum atomic E-state index is 11.6. The van der Waals surface area contributed by atoms with Gasteiger partial charge in [0.2, 0.25) is 0 Å². The van der Waals surface area contributed by atoms with E-state index in [1.165, 1.54) is 4.90 Å². The highest BCUT2D eigenvalue weighted by Crippen LogP contribution is 2.25. The van der Waals surface area contributed by atoms with Crippen molar-refractivity contribution < 1.29 is 14.7 Å². The van der Waals surface area contributed by atoms with E-state index in [4.69, 9.17) is 5.11 Å². The van der Waals surface area contributed by atoms with Crippen molar-refractivity contribution in [2.75, 3.05) is 20.6 Å². The third-order valence-corrected chi connectivity index (χ3v) is 2.38. The molecule has 0 unspecified atom stereocenters. The fourth-order valence-electron chi connectivity index (χ4n) is 1.25. The third-order valence-electron chi connectivity index (χ3n) is 2.38. The van der Waals surface area contributed by atoms with Crippen LogP contribution in [-0.4, -0.2) is 53.6 Å². The average molecular weight is 200 g/mol. The van der Waals surface area contributed by atoms with Crippen molar-refractivity contribution >= 4 is 12.0 Å². The van der Waals surface area contributed by atoms with Crippen molar-refractivity contribution in [3.05, 3.63) is 0 Å². The van der Waals surface area contributed by atoms with E-state index in [9.17, 15) is 9.59 Å². The van der Waals surface area contributed by atoms with Crippen LogP contribution < -0.4 is 0 Å². The fraction of sp³-hybridized carbons (Fsp3) is 0.778. The highest BCUT2D eigenvalue weighted by Gasteiger charge is 2.30. The van der Waals surface area contributed by atoms with Gasteiger partial charge in [-0.3, -0.25) is 4.79 Å². The zero-order valence-electron chi connectivity index (χ0n) is 8.56. The van der Waals surface area contributed by atoms with Gasteiger partial charge in [0, 0.05) is 26.7 Å². The van der Waals surface area contributed by atoms with Gasteiger partial charge in [0.05, 0.1) is 6.42 Å². The zero-order valence-corrected chi connectivity index (χ0v) is 8.56. The molecule has 1 saturated carbocycles. The lowest BCUT2D eigenvalue weighted by Gasteiger charge is -2.24. The maximum absolute atomic E-state index is 11.6. The number of carbonyl (C=O) groups excluding carboxylic acids is 1. The van der Waals surface area contributed by atoms with Gasteiger partial charge in [-0.1, -0.05) is 0 Å². The molecule has 0 aromatic rings. The Bertz CT molecular complexity index is 238. The SMILES string of the molecule is CN(CCC(=O)O)C(=O)N(C)C1CC1. The number of aliphatic carboxylic acids is 1. The second-order valence-corrected chi connectivity index (χ2v) is 3.69. The molecule has 5 heteroatoms. The van der Waals surface area contributed by atoms with E-state index in [-0.39, 0.29) is 19.0 Å². The molecule has 1 aliphatic carbocycles. The summed E-state index contributed by atoms with van der Waals surface area (Å²) in [5.74, 6) is -0.876. The van der Waals surface area contributed by atoms with E-state index in [1.807, 2.05) is 0 Å². The van der Waals surface area contributed by atoms with Gasteiger partial charge in [0.1, 0.15) is 0 Å². The first-order valence-corrected chi connectivity index (χ1v) is 4.72. The lowest BCUT2D eigenvalue weighted by Crippen LogP contribution is -2.40. The Balaban J connectivity index is 2.31. The molecule has 1 aliphatic rings. The molecule has 14 heavy (non-hydrogen) atoms. The maximum Gasteiger partial charge on any atom is 0.319 e. The largest absolute Gasteiger partial charge is 0.481 e. The third kappa shape index (κ3) is 2.90. The molecule has 0 radical (unpaired) electrons. The van der Waals surface area contributed by atoms with E-state index in [0.717, 1.165) is 12.8 Å². The highest BCUT2D eigenvalue weighted by molar-refractivity contribution is 5.75. The zero-order chi connectivity index (χ0) is 10.7. The van der Waals surface area contributed by atoms with Crippen molar-refractivity contribution in [2.24, 2.45) is 0 Å². The Morgan fingerprint density at radius 2 is 1.93 bits per heavy atom. The van der Waals surface area contributed by atoms with Crippen molar-refractivity contribution in [1.82, 2.24) is 9.80 Å². The van der Waals surface area contributed by atoms with Crippen LogP contribution in [0, 0.1) is 0 Å². The first-order chi connectivity index (χ1) is 6.52. The number of urea groups is 1. The Morgan fingerprint density at radius 3 is 2.36 bits per heavy atom. The number of nitrogens with zero attached hydrogens (tertiary/aromatic N) is 2. The van der Waals surface area contributed by atoms with Gasteiger partial charge in [-0.2, -0.15) is 0 Å². The molecule has 1 N–H and O–H groups in total. The molecule has 80 valence electrons. The summed E-state index contributed by atoms with van der Waals surface area (Å²) >= 11 is 0. The monoisotopic (exact) mass is 200 g/mol. The topological polar surface area (TPSA) is 60.9 Å². The second-order valence-electron chi connectivity index (χ2n) is 3.69. The van der Waals surface area contributed by atoms with Crippen molar-refractivity contribution in [3.8, 4) is 0 Å². The quantitative estimate of drug-likeness (QED) is 0.723. The summed E-state index contributed by atoms with van der Waals surface area (Å²) in [7, 11) is 3.39. The van der Waals surface area contributed by atoms with Gasteiger partial charge in [-0.05, 0) is 12.8 Å². The molecule has 0 aliphatic heterocycles. The minimum absolute atomic E-state index is 0.000741. The van der Waals surface area contributed by atoms with Crippen LogP contribution >= 0.6 is 0 Å². The number of amides is 2. The molecule has 0 heterocycles. The Kier molecular flexibility index (Phi) is 3.33. The summed E-state index contributed by atoms with van der Waals surface area (Å²) in [4.78, 5) is 25.0. The summed E-state index contributed by atoms with van der Waals surface area (Å²) < 4.78 is 0. The van der Waals surface area contributed by atoms with Crippen LogP contribution in [0.4, 0.5) is 4.79 Å². The van der Waals surface area contributed by atoms with Crippen molar-refractivity contribution in [1.29, 1.82) is 0 Å². The van der Waals surface area contributed by atoms with E-state index in [0.29, 0.717) is 6.04 Å². The predicted octanol–water partition coefficient (Wildman–Crippen LogP) is 0.607. The second kappa shape index (κ2) is 4.30. The molecular formula is C9H16N2O3. The molecule has 0 saturated heterocycles. The molecule has 2 amide bonds. The lowest BCUT2D eigenvalue weighted by atomic mass is 10.4. The molecule has 1 fully saturated rings. The van der Waals surface area contributed by atoms with Gasteiger partial charge in [-0.15, -0.1) is 0 Å². The smallest absolute Gasteiger partial charge is 0.319 e. The Labute approximate surface area is 83.3 Å². The molecule has 0 atom stereocenters. The van der Waals surface area contributed by atoms with Crippen molar-refractivity contribution in [3.63, 3.8) is 0 Å². The number of rotatable bonds is 4. The predicted molar refractivity (Wildman–Crippen MR) is 51.1 cm³/mol. The first-order valence-electron chi connectivity index (χ1n) is 4.72. The number of carboxylic acids is 1. The van der Waals surface area contributed by atoms with Gasteiger partial charge in [-0.25, -0.2) is 4.79 Å². The highest BCUT2D eigenvalue weighted by atomic mass is 16.4. The fourth-order valence-corrected chi connectivity index (χ4v) is 1.25. The van der Waals surface area contributed by atoms with E-state index in [2.05, 4.69) is 0 Å². The summed E-state index contributed by atoms with van der Waals surface area (Å²) in [5.41, 5.74) is 0. The van der Waals surface area contributed by atoms with Crippen LogP contribution in [0.2, 0.25) is 0 Å². The number of carboxylic acid groups (broad SMARTS) is 1.